The zero-order valence-electron chi connectivity index (χ0n) is 7.20. The Morgan fingerprint density at radius 2 is 1.85 bits per heavy atom. The second-order valence-electron chi connectivity index (χ2n) is 2.93. The second kappa shape index (κ2) is 4.32. The zero-order valence-corrected chi connectivity index (χ0v) is 7.20. The maximum atomic E-state index is 9.38. The highest BCUT2D eigenvalue weighted by atomic mass is 16.6. The van der Waals surface area contributed by atoms with E-state index in [4.69, 9.17) is 19.7 Å². The van der Waals surface area contributed by atoms with Crippen LogP contribution in [0.5, 0.6) is 0 Å². The predicted octanol–water partition coefficient (Wildman–Crippen LogP) is -2.57. The number of hydrogen-bond acceptors (Lipinski definition) is 6. The van der Waals surface area contributed by atoms with Crippen LogP contribution in [0.1, 0.15) is 0 Å². The van der Waals surface area contributed by atoms with E-state index in [0.717, 1.165) is 0 Å². The highest BCUT2D eigenvalue weighted by Crippen LogP contribution is 2.21. The maximum absolute atomic E-state index is 9.38. The van der Waals surface area contributed by atoms with E-state index in [1.54, 1.807) is 0 Å². The van der Waals surface area contributed by atoms with Crippen LogP contribution in [-0.2, 0) is 9.47 Å². The van der Waals surface area contributed by atoms with Crippen LogP contribution in [-0.4, -0.2) is 64.8 Å². The Bertz CT molecular complexity index is 161. The lowest BCUT2D eigenvalue weighted by atomic mass is 9.99. The lowest BCUT2D eigenvalue weighted by Crippen LogP contribution is -2.59. The van der Waals surface area contributed by atoms with E-state index >= 15 is 0 Å². The number of ether oxygens (including phenoxy) is 2. The molecule has 13 heavy (non-hydrogen) atoms. The number of methoxy groups -OCH3 is 1. The summed E-state index contributed by atoms with van der Waals surface area (Å²) >= 11 is 0. The molecule has 0 aromatic rings. The number of aliphatic hydroxyl groups excluding tert-OH is 4. The molecule has 0 unspecified atom stereocenters. The molecule has 4 N–H and O–H groups in total. The van der Waals surface area contributed by atoms with E-state index in [0.29, 0.717) is 0 Å². The third kappa shape index (κ3) is 1.98. The van der Waals surface area contributed by atoms with Crippen molar-refractivity contribution in [1.29, 1.82) is 0 Å². The Balaban J connectivity index is 2.69. The molecule has 1 aliphatic heterocycles. The van der Waals surface area contributed by atoms with Crippen molar-refractivity contribution in [2.24, 2.45) is 0 Å². The third-order valence-electron chi connectivity index (χ3n) is 2.11. The molecular formula is C7H14O6. The molecule has 0 spiro atoms. The Morgan fingerprint density at radius 1 is 1.23 bits per heavy atom. The van der Waals surface area contributed by atoms with Crippen LogP contribution in [0, 0.1) is 0 Å². The van der Waals surface area contributed by atoms with Crippen LogP contribution < -0.4 is 0 Å². The minimum atomic E-state index is -1.49. The fourth-order valence-corrected chi connectivity index (χ4v) is 1.36. The smallest absolute Gasteiger partial charge is 0.184 e. The molecule has 1 aliphatic rings. The SMILES string of the molecule is CO[C@@H]1[C@H](O)[C@@H](O)[C@H](O)O[C@@H]1CO. The molecule has 0 aromatic heterocycles. The molecule has 6 heteroatoms. The van der Waals surface area contributed by atoms with E-state index in [2.05, 4.69) is 0 Å². The first kappa shape index (κ1) is 10.8. The zero-order chi connectivity index (χ0) is 10.0. The molecule has 1 rings (SSSR count). The van der Waals surface area contributed by atoms with E-state index < -0.39 is 30.7 Å². The first-order valence-corrected chi connectivity index (χ1v) is 3.95. The summed E-state index contributed by atoms with van der Waals surface area (Å²) in [6.45, 7) is -0.390. The summed E-state index contributed by atoms with van der Waals surface area (Å²) in [6, 6.07) is 0. The molecule has 0 radical (unpaired) electrons. The maximum Gasteiger partial charge on any atom is 0.184 e. The molecule has 0 aromatic carbocycles. The van der Waals surface area contributed by atoms with Crippen molar-refractivity contribution < 1.29 is 29.9 Å². The van der Waals surface area contributed by atoms with Crippen molar-refractivity contribution in [2.45, 2.75) is 30.7 Å². The molecule has 1 fully saturated rings. The molecule has 78 valence electrons. The first-order chi connectivity index (χ1) is 6.11. The van der Waals surface area contributed by atoms with Crippen LogP contribution in [0.25, 0.3) is 0 Å². The molecule has 0 amide bonds. The molecule has 0 bridgehead atoms. The molecule has 0 saturated carbocycles. The minimum Gasteiger partial charge on any atom is -0.394 e. The van der Waals surface area contributed by atoms with Gasteiger partial charge >= 0.3 is 0 Å². The van der Waals surface area contributed by atoms with Crippen LogP contribution in [0.15, 0.2) is 0 Å². The monoisotopic (exact) mass is 194 g/mol. The van der Waals surface area contributed by atoms with E-state index in [9.17, 15) is 10.2 Å². The molecule has 5 atom stereocenters. The molecule has 1 saturated heterocycles. The average Bonchev–Trinajstić information content (AvgIpc) is 2.13. The summed E-state index contributed by atoms with van der Waals surface area (Å²) in [5, 5.41) is 36.4. The minimum absolute atomic E-state index is 0.390. The van der Waals surface area contributed by atoms with Crippen LogP contribution in [0.3, 0.4) is 0 Å². The Morgan fingerprint density at radius 3 is 2.31 bits per heavy atom. The van der Waals surface area contributed by atoms with Gasteiger partial charge in [0, 0.05) is 7.11 Å². The highest BCUT2D eigenvalue weighted by molar-refractivity contribution is 4.89. The van der Waals surface area contributed by atoms with Gasteiger partial charge in [0.25, 0.3) is 0 Å². The fourth-order valence-electron chi connectivity index (χ4n) is 1.36. The van der Waals surface area contributed by atoms with Gasteiger partial charge in [0.05, 0.1) is 6.61 Å². The van der Waals surface area contributed by atoms with Crippen molar-refractivity contribution in [3.05, 3.63) is 0 Å². The van der Waals surface area contributed by atoms with Crippen molar-refractivity contribution in [3.8, 4) is 0 Å². The summed E-state index contributed by atoms with van der Waals surface area (Å²) in [7, 11) is 1.32. The van der Waals surface area contributed by atoms with Gasteiger partial charge in [-0.25, -0.2) is 0 Å². The van der Waals surface area contributed by atoms with Gasteiger partial charge in [0.1, 0.15) is 24.4 Å². The number of aliphatic hydroxyl groups is 4. The normalized spacial score (nSPS) is 46.4. The Labute approximate surface area is 75.3 Å². The van der Waals surface area contributed by atoms with E-state index in [1.807, 2.05) is 0 Å². The van der Waals surface area contributed by atoms with E-state index in [1.165, 1.54) is 7.11 Å². The van der Waals surface area contributed by atoms with Crippen LogP contribution >= 0.6 is 0 Å². The Kier molecular flexibility index (Phi) is 3.60. The third-order valence-corrected chi connectivity index (χ3v) is 2.11. The summed E-state index contributed by atoms with van der Waals surface area (Å²) < 4.78 is 9.61. The van der Waals surface area contributed by atoms with Crippen LogP contribution in [0.4, 0.5) is 0 Å². The largest absolute Gasteiger partial charge is 0.394 e. The molecule has 6 nitrogen and oxygen atoms in total. The summed E-state index contributed by atoms with van der Waals surface area (Å²) in [6.07, 6.45) is -5.81. The van der Waals surface area contributed by atoms with Gasteiger partial charge in [0.2, 0.25) is 0 Å². The number of hydrogen-bond donors (Lipinski definition) is 4. The van der Waals surface area contributed by atoms with Gasteiger partial charge in [-0.1, -0.05) is 0 Å². The van der Waals surface area contributed by atoms with Crippen molar-refractivity contribution >= 4 is 0 Å². The van der Waals surface area contributed by atoms with Crippen molar-refractivity contribution in [2.75, 3.05) is 13.7 Å². The lowest BCUT2D eigenvalue weighted by Gasteiger charge is -2.39. The van der Waals surface area contributed by atoms with Gasteiger partial charge in [-0.3, -0.25) is 0 Å². The fraction of sp³-hybridized carbons (Fsp3) is 1.00. The van der Waals surface area contributed by atoms with Gasteiger partial charge in [-0.05, 0) is 0 Å². The summed E-state index contributed by atoms with van der Waals surface area (Å²) in [5.74, 6) is 0. The molecule has 1 heterocycles. The Hall–Kier alpha value is -0.240. The van der Waals surface area contributed by atoms with Gasteiger partial charge < -0.3 is 29.9 Å². The quantitative estimate of drug-likeness (QED) is 0.386. The lowest BCUT2D eigenvalue weighted by molar-refractivity contribution is -0.290. The van der Waals surface area contributed by atoms with Crippen molar-refractivity contribution in [3.63, 3.8) is 0 Å². The van der Waals surface area contributed by atoms with Crippen molar-refractivity contribution in [1.82, 2.24) is 0 Å². The average molecular weight is 194 g/mol. The van der Waals surface area contributed by atoms with Gasteiger partial charge in [0.15, 0.2) is 6.29 Å². The predicted molar refractivity (Wildman–Crippen MR) is 40.8 cm³/mol. The molecular weight excluding hydrogens is 180 g/mol. The standard InChI is InChI=1S/C7H14O6/c1-12-6-3(2-8)13-7(11)5(10)4(6)9/h3-11H,2H2,1H3/t3-,4-,5-,6+,7-/m1/s1. The molecule has 0 aliphatic carbocycles. The highest BCUT2D eigenvalue weighted by Gasteiger charge is 2.43. The van der Waals surface area contributed by atoms with Crippen LogP contribution in [0.2, 0.25) is 0 Å². The first-order valence-electron chi connectivity index (χ1n) is 3.95. The number of rotatable bonds is 2. The second-order valence-corrected chi connectivity index (χ2v) is 2.93. The summed E-state index contributed by atoms with van der Waals surface area (Å²) in [4.78, 5) is 0. The van der Waals surface area contributed by atoms with Gasteiger partial charge in [-0.2, -0.15) is 0 Å². The summed E-state index contributed by atoms with van der Waals surface area (Å²) in [5.41, 5.74) is 0. The topological polar surface area (TPSA) is 99.4 Å². The van der Waals surface area contributed by atoms with E-state index in [-0.39, 0.29) is 6.61 Å². The van der Waals surface area contributed by atoms with Gasteiger partial charge in [-0.15, -0.1) is 0 Å².